The third kappa shape index (κ3) is 3.43. The molecule has 0 spiro atoms. The molecule has 0 aliphatic carbocycles. The molecule has 0 saturated carbocycles. The molecule has 1 N–H and O–H groups in total. The van der Waals surface area contributed by atoms with Crippen LogP contribution in [-0.4, -0.2) is 32.2 Å². The molecular weight excluding hydrogens is 319 g/mol. The number of aromatic nitrogens is 4. The summed E-state index contributed by atoms with van der Waals surface area (Å²) in [7, 11) is 1.80. The van der Waals surface area contributed by atoms with Crippen molar-refractivity contribution in [3.8, 4) is 0 Å². The van der Waals surface area contributed by atoms with Crippen LogP contribution < -0.4 is 5.32 Å². The summed E-state index contributed by atoms with van der Waals surface area (Å²) >= 11 is 0.347. The van der Waals surface area contributed by atoms with Crippen molar-refractivity contribution in [2.45, 2.75) is 26.4 Å². The number of amides is 1. The van der Waals surface area contributed by atoms with E-state index >= 15 is 0 Å². The van der Waals surface area contributed by atoms with Crippen LogP contribution in [0.15, 0.2) is 0 Å². The highest BCUT2D eigenvalue weighted by Crippen LogP contribution is 2.33. The van der Waals surface area contributed by atoms with Gasteiger partial charge in [0.05, 0.1) is 5.69 Å². The van der Waals surface area contributed by atoms with Gasteiger partial charge in [-0.1, -0.05) is 0 Å². The monoisotopic (exact) mass is 333 g/mol. The van der Waals surface area contributed by atoms with E-state index in [0.29, 0.717) is 23.6 Å². The minimum absolute atomic E-state index is 0.0264. The van der Waals surface area contributed by atoms with Gasteiger partial charge in [0, 0.05) is 20.0 Å². The van der Waals surface area contributed by atoms with Crippen LogP contribution >= 0.6 is 11.3 Å². The minimum atomic E-state index is -4.54. The lowest BCUT2D eigenvalue weighted by Gasteiger charge is -2.04. The molecule has 2 aromatic heterocycles. The molecule has 120 valence electrons. The zero-order chi connectivity index (χ0) is 16.5. The highest BCUT2D eigenvalue weighted by Gasteiger charge is 2.36. The number of thiazole rings is 1. The van der Waals surface area contributed by atoms with Gasteiger partial charge in [-0.05, 0) is 13.8 Å². The molecule has 0 unspecified atom stereocenters. The van der Waals surface area contributed by atoms with Gasteiger partial charge >= 0.3 is 6.18 Å². The number of nitrogens with zero attached hydrogens (tertiary/aromatic N) is 4. The summed E-state index contributed by atoms with van der Waals surface area (Å²) in [6.45, 7) is 3.44. The van der Waals surface area contributed by atoms with Crippen LogP contribution in [0, 0.1) is 13.8 Å². The maximum absolute atomic E-state index is 12.6. The maximum atomic E-state index is 12.6. The molecule has 0 aliphatic rings. The fraction of sp³-hybridized carbons (Fsp3) is 0.500. The standard InChI is InChI=1S/C12H14F3N5OS/c1-6-9(22-11(17-6)12(13,14)15)10(21)16-5-4-8-19-18-7(2)20(8)3/h4-5H2,1-3H3,(H,16,21). The van der Waals surface area contributed by atoms with Crippen LogP contribution in [0.25, 0.3) is 0 Å². The molecule has 6 nitrogen and oxygen atoms in total. The normalized spacial score (nSPS) is 11.7. The molecule has 22 heavy (non-hydrogen) atoms. The van der Waals surface area contributed by atoms with Gasteiger partial charge < -0.3 is 9.88 Å². The quantitative estimate of drug-likeness (QED) is 0.927. The average Bonchev–Trinajstić information content (AvgIpc) is 2.96. The molecule has 2 rings (SSSR count). The summed E-state index contributed by atoms with van der Waals surface area (Å²) < 4.78 is 39.5. The number of alkyl halides is 3. The Morgan fingerprint density at radius 3 is 2.50 bits per heavy atom. The van der Waals surface area contributed by atoms with E-state index in [9.17, 15) is 18.0 Å². The first-order chi connectivity index (χ1) is 10.2. The van der Waals surface area contributed by atoms with Crippen molar-refractivity contribution in [3.05, 3.63) is 27.2 Å². The lowest BCUT2D eigenvalue weighted by Crippen LogP contribution is -2.26. The van der Waals surface area contributed by atoms with E-state index in [1.54, 1.807) is 18.5 Å². The molecule has 10 heteroatoms. The van der Waals surface area contributed by atoms with Crippen LogP contribution in [0.2, 0.25) is 0 Å². The smallest absolute Gasteiger partial charge is 0.351 e. The number of aryl methyl sites for hydroxylation is 2. The summed E-state index contributed by atoms with van der Waals surface area (Å²) in [5.74, 6) is 0.869. The maximum Gasteiger partial charge on any atom is 0.443 e. The van der Waals surface area contributed by atoms with Gasteiger partial charge in [0.2, 0.25) is 0 Å². The van der Waals surface area contributed by atoms with Gasteiger partial charge in [-0.25, -0.2) is 4.98 Å². The molecule has 0 atom stereocenters. The van der Waals surface area contributed by atoms with Crippen molar-refractivity contribution < 1.29 is 18.0 Å². The Morgan fingerprint density at radius 2 is 2.00 bits per heavy atom. The number of rotatable bonds is 4. The van der Waals surface area contributed by atoms with E-state index in [4.69, 9.17) is 0 Å². The molecular formula is C12H14F3N5OS. The largest absolute Gasteiger partial charge is 0.443 e. The van der Waals surface area contributed by atoms with Crippen LogP contribution in [0.5, 0.6) is 0 Å². The fourth-order valence-corrected chi connectivity index (χ4v) is 2.62. The summed E-state index contributed by atoms with van der Waals surface area (Å²) in [4.78, 5) is 15.3. The Kier molecular flexibility index (Phi) is 4.50. The van der Waals surface area contributed by atoms with Gasteiger partial charge in [-0.15, -0.1) is 21.5 Å². The van der Waals surface area contributed by atoms with Crippen LogP contribution in [0.3, 0.4) is 0 Å². The SMILES string of the molecule is Cc1nc(C(F)(F)F)sc1C(=O)NCCc1nnc(C)n1C. The average molecular weight is 333 g/mol. The zero-order valence-electron chi connectivity index (χ0n) is 12.2. The first-order valence-corrected chi connectivity index (χ1v) is 7.19. The molecule has 0 fully saturated rings. The molecule has 2 heterocycles. The van der Waals surface area contributed by atoms with Gasteiger partial charge in [0.25, 0.3) is 5.91 Å². The molecule has 0 saturated heterocycles. The van der Waals surface area contributed by atoms with E-state index in [1.807, 2.05) is 0 Å². The zero-order valence-corrected chi connectivity index (χ0v) is 13.0. The first kappa shape index (κ1) is 16.4. The van der Waals surface area contributed by atoms with Gasteiger partial charge in [0.15, 0.2) is 5.01 Å². The van der Waals surface area contributed by atoms with Crippen LogP contribution in [0.1, 0.15) is 32.0 Å². The molecule has 0 aliphatic heterocycles. The summed E-state index contributed by atoms with van der Waals surface area (Å²) in [6, 6.07) is 0. The van der Waals surface area contributed by atoms with Crippen molar-refractivity contribution in [2.24, 2.45) is 7.05 Å². The van der Waals surface area contributed by atoms with E-state index in [-0.39, 0.29) is 17.1 Å². The van der Waals surface area contributed by atoms with Crippen molar-refractivity contribution in [3.63, 3.8) is 0 Å². The highest BCUT2D eigenvalue weighted by molar-refractivity contribution is 7.13. The second kappa shape index (κ2) is 6.03. The predicted octanol–water partition coefficient (Wildman–Crippen LogP) is 1.88. The van der Waals surface area contributed by atoms with Crippen molar-refractivity contribution in [1.82, 2.24) is 25.1 Å². The van der Waals surface area contributed by atoms with E-state index in [2.05, 4.69) is 20.5 Å². The number of carbonyl (C=O) groups is 1. The Balaban J connectivity index is 1.98. The molecule has 0 radical (unpaired) electrons. The Labute approximate surface area is 128 Å². The number of nitrogens with one attached hydrogen (secondary N) is 1. The van der Waals surface area contributed by atoms with Crippen LogP contribution in [-0.2, 0) is 19.6 Å². The molecule has 0 aromatic carbocycles. The van der Waals surface area contributed by atoms with Crippen molar-refractivity contribution in [1.29, 1.82) is 0 Å². The predicted molar refractivity (Wildman–Crippen MR) is 73.6 cm³/mol. The fourth-order valence-electron chi connectivity index (χ4n) is 1.77. The number of hydrogen-bond donors (Lipinski definition) is 1. The lowest BCUT2D eigenvalue weighted by molar-refractivity contribution is -0.137. The number of halogens is 3. The number of hydrogen-bond acceptors (Lipinski definition) is 5. The summed E-state index contributed by atoms with van der Waals surface area (Å²) in [5.41, 5.74) is 0.0735. The van der Waals surface area contributed by atoms with Gasteiger partial charge in [-0.3, -0.25) is 4.79 Å². The van der Waals surface area contributed by atoms with Crippen molar-refractivity contribution >= 4 is 17.2 Å². The Bertz CT molecular complexity index is 691. The van der Waals surface area contributed by atoms with E-state index < -0.39 is 17.1 Å². The van der Waals surface area contributed by atoms with Crippen molar-refractivity contribution in [2.75, 3.05) is 6.54 Å². The minimum Gasteiger partial charge on any atom is -0.351 e. The van der Waals surface area contributed by atoms with E-state index in [0.717, 1.165) is 5.82 Å². The second-order valence-corrected chi connectivity index (χ2v) is 5.66. The molecule has 2 aromatic rings. The van der Waals surface area contributed by atoms with Gasteiger partial charge in [-0.2, -0.15) is 13.2 Å². The first-order valence-electron chi connectivity index (χ1n) is 6.38. The second-order valence-electron chi connectivity index (χ2n) is 4.66. The highest BCUT2D eigenvalue weighted by atomic mass is 32.1. The Hall–Kier alpha value is -1.97. The lowest BCUT2D eigenvalue weighted by atomic mass is 10.3. The topological polar surface area (TPSA) is 72.7 Å². The number of carbonyl (C=O) groups excluding carboxylic acids is 1. The van der Waals surface area contributed by atoms with E-state index in [1.165, 1.54) is 6.92 Å². The molecule has 1 amide bonds. The summed E-state index contributed by atoms with van der Waals surface area (Å²) in [5, 5.41) is 9.38. The van der Waals surface area contributed by atoms with Crippen LogP contribution in [0.4, 0.5) is 13.2 Å². The molecule has 0 bridgehead atoms. The van der Waals surface area contributed by atoms with Gasteiger partial charge in [0.1, 0.15) is 16.5 Å². The summed E-state index contributed by atoms with van der Waals surface area (Å²) in [6.07, 6.45) is -4.10. The third-order valence-corrected chi connectivity index (χ3v) is 4.26. The third-order valence-electron chi connectivity index (χ3n) is 3.06. The Morgan fingerprint density at radius 1 is 1.32 bits per heavy atom.